The van der Waals surface area contributed by atoms with Gasteiger partial charge in [0.1, 0.15) is 0 Å². The Morgan fingerprint density at radius 2 is 1.60 bits per heavy atom. The highest BCUT2D eigenvalue weighted by molar-refractivity contribution is 7.98. The third-order valence-corrected chi connectivity index (χ3v) is 6.63. The first-order chi connectivity index (χ1) is 14.5. The van der Waals surface area contributed by atoms with E-state index < -0.39 is 0 Å². The highest BCUT2D eigenvalue weighted by atomic mass is 35.5. The second-order valence-electron chi connectivity index (χ2n) is 7.25. The van der Waals surface area contributed by atoms with E-state index in [0.29, 0.717) is 31.9 Å². The van der Waals surface area contributed by atoms with Crippen molar-refractivity contribution in [2.75, 3.05) is 0 Å². The number of aromatic nitrogens is 2. The molecule has 30 heavy (non-hydrogen) atoms. The van der Waals surface area contributed by atoms with Crippen LogP contribution >= 0.6 is 35.0 Å². The minimum absolute atomic E-state index is 0.0820. The van der Waals surface area contributed by atoms with Crippen molar-refractivity contribution in [1.29, 1.82) is 0 Å². The van der Waals surface area contributed by atoms with Crippen LogP contribution in [0, 0.1) is 0 Å². The standard InChI is InChI=1S/C24H20Cl2N2OS/c1-15(2)16-8-4-6-13-22(16)28-23(29)17-9-3-5-12-21(17)27-24(28)30-14-18-19(25)10-7-11-20(18)26/h3-13,15H,14H2,1-2H3. The van der Waals surface area contributed by atoms with E-state index in [1.54, 1.807) is 4.57 Å². The quantitative estimate of drug-likeness (QED) is 0.238. The maximum Gasteiger partial charge on any atom is 0.266 e. The summed E-state index contributed by atoms with van der Waals surface area (Å²) in [5, 5.41) is 2.42. The SMILES string of the molecule is CC(C)c1ccccc1-n1c(SCc2c(Cl)cccc2Cl)nc2ccccc2c1=O. The van der Waals surface area contributed by atoms with Crippen LogP contribution in [-0.2, 0) is 5.75 Å². The second-order valence-corrected chi connectivity index (χ2v) is 9.01. The molecule has 0 radical (unpaired) electrons. The molecule has 4 rings (SSSR count). The van der Waals surface area contributed by atoms with E-state index in [-0.39, 0.29) is 11.5 Å². The number of hydrogen-bond donors (Lipinski definition) is 0. The monoisotopic (exact) mass is 454 g/mol. The van der Waals surface area contributed by atoms with Gasteiger partial charge in [0.15, 0.2) is 5.16 Å². The molecule has 0 spiro atoms. The van der Waals surface area contributed by atoms with E-state index >= 15 is 0 Å². The Balaban J connectivity index is 1.91. The van der Waals surface area contributed by atoms with Crippen LogP contribution in [0.25, 0.3) is 16.6 Å². The lowest BCUT2D eigenvalue weighted by Crippen LogP contribution is -2.23. The van der Waals surface area contributed by atoms with Gasteiger partial charge in [-0.15, -0.1) is 0 Å². The molecule has 0 fully saturated rings. The van der Waals surface area contributed by atoms with Gasteiger partial charge in [-0.1, -0.05) is 85.2 Å². The molecule has 0 aliphatic carbocycles. The lowest BCUT2D eigenvalue weighted by Gasteiger charge is -2.18. The normalized spacial score (nSPS) is 11.4. The highest BCUT2D eigenvalue weighted by Gasteiger charge is 2.18. The van der Waals surface area contributed by atoms with Crippen LogP contribution in [0.1, 0.15) is 30.9 Å². The summed E-state index contributed by atoms with van der Waals surface area (Å²) >= 11 is 14.2. The number of nitrogens with zero attached hydrogens (tertiary/aromatic N) is 2. The molecule has 152 valence electrons. The summed E-state index contributed by atoms with van der Waals surface area (Å²) in [6, 6.07) is 20.9. The molecule has 6 heteroatoms. The van der Waals surface area contributed by atoms with Crippen LogP contribution in [0.15, 0.2) is 76.7 Å². The minimum Gasteiger partial charge on any atom is -0.268 e. The summed E-state index contributed by atoms with van der Waals surface area (Å²) in [7, 11) is 0. The van der Waals surface area contributed by atoms with Crippen LogP contribution in [0.3, 0.4) is 0 Å². The Hall–Kier alpha value is -2.27. The van der Waals surface area contributed by atoms with E-state index in [2.05, 4.69) is 19.9 Å². The van der Waals surface area contributed by atoms with Crippen LogP contribution in [0.4, 0.5) is 0 Å². The molecule has 3 aromatic carbocycles. The summed E-state index contributed by atoms with van der Waals surface area (Å²) < 4.78 is 1.72. The number of para-hydroxylation sites is 2. The molecule has 0 aliphatic rings. The zero-order chi connectivity index (χ0) is 21.3. The summed E-state index contributed by atoms with van der Waals surface area (Å²) in [5.41, 5.74) is 3.37. The average molecular weight is 455 g/mol. The van der Waals surface area contributed by atoms with Gasteiger partial charge in [0.2, 0.25) is 0 Å². The minimum atomic E-state index is -0.0820. The first-order valence-corrected chi connectivity index (χ1v) is 11.4. The Kier molecular flexibility index (Phi) is 6.19. The van der Waals surface area contributed by atoms with Gasteiger partial charge in [-0.3, -0.25) is 9.36 Å². The number of hydrogen-bond acceptors (Lipinski definition) is 3. The molecule has 0 bridgehead atoms. The number of benzene rings is 3. The van der Waals surface area contributed by atoms with Gasteiger partial charge in [-0.05, 0) is 47.4 Å². The molecular formula is C24H20Cl2N2OS. The fraction of sp³-hybridized carbons (Fsp3) is 0.167. The highest BCUT2D eigenvalue weighted by Crippen LogP contribution is 2.33. The van der Waals surface area contributed by atoms with E-state index in [9.17, 15) is 4.79 Å². The molecule has 0 atom stereocenters. The van der Waals surface area contributed by atoms with Gasteiger partial charge < -0.3 is 0 Å². The van der Waals surface area contributed by atoms with E-state index in [1.165, 1.54) is 11.8 Å². The van der Waals surface area contributed by atoms with Crippen molar-refractivity contribution in [2.45, 2.75) is 30.7 Å². The first-order valence-electron chi connectivity index (χ1n) is 9.64. The van der Waals surface area contributed by atoms with Crippen molar-refractivity contribution in [3.8, 4) is 5.69 Å². The molecule has 4 aromatic rings. The molecule has 0 saturated carbocycles. The summed E-state index contributed by atoms with van der Waals surface area (Å²) in [4.78, 5) is 18.4. The van der Waals surface area contributed by atoms with Crippen molar-refractivity contribution in [2.24, 2.45) is 0 Å². The Bertz CT molecular complexity index is 1260. The topological polar surface area (TPSA) is 34.9 Å². The maximum atomic E-state index is 13.5. The van der Waals surface area contributed by atoms with E-state index in [4.69, 9.17) is 28.2 Å². The average Bonchev–Trinajstić information content (AvgIpc) is 2.73. The van der Waals surface area contributed by atoms with Gasteiger partial charge in [0.25, 0.3) is 5.56 Å². The van der Waals surface area contributed by atoms with Gasteiger partial charge in [0, 0.05) is 15.8 Å². The third-order valence-electron chi connectivity index (χ3n) is 4.95. The molecule has 0 amide bonds. The van der Waals surface area contributed by atoms with Crippen LogP contribution in [0.2, 0.25) is 10.0 Å². The zero-order valence-electron chi connectivity index (χ0n) is 16.6. The van der Waals surface area contributed by atoms with E-state index in [1.807, 2.05) is 60.7 Å². The molecule has 1 heterocycles. The van der Waals surface area contributed by atoms with Crippen LogP contribution in [-0.4, -0.2) is 9.55 Å². The number of thioether (sulfide) groups is 1. The van der Waals surface area contributed by atoms with Gasteiger partial charge in [0.05, 0.1) is 16.6 Å². The summed E-state index contributed by atoms with van der Waals surface area (Å²) in [6.07, 6.45) is 0. The van der Waals surface area contributed by atoms with Gasteiger partial charge in [-0.2, -0.15) is 0 Å². The maximum absolute atomic E-state index is 13.5. The van der Waals surface area contributed by atoms with Crippen molar-refractivity contribution < 1.29 is 0 Å². The Morgan fingerprint density at radius 1 is 0.933 bits per heavy atom. The zero-order valence-corrected chi connectivity index (χ0v) is 18.9. The molecular weight excluding hydrogens is 435 g/mol. The van der Waals surface area contributed by atoms with Crippen molar-refractivity contribution >= 4 is 45.9 Å². The van der Waals surface area contributed by atoms with Gasteiger partial charge >= 0.3 is 0 Å². The Labute approximate surface area is 189 Å². The van der Waals surface area contributed by atoms with Gasteiger partial charge in [-0.25, -0.2) is 4.98 Å². The summed E-state index contributed by atoms with van der Waals surface area (Å²) in [5.74, 6) is 0.767. The van der Waals surface area contributed by atoms with Crippen molar-refractivity contribution in [3.05, 3.63) is 98.3 Å². The van der Waals surface area contributed by atoms with Crippen LogP contribution < -0.4 is 5.56 Å². The molecule has 0 N–H and O–H groups in total. The third kappa shape index (κ3) is 4.00. The van der Waals surface area contributed by atoms with Crippen molar-refractivity contribution in [1.82, 2.24) is 9.55 Å². The first kappa shape index (κ1) is 21.0. The summed E-state index contributed by atoms with van der Waals surface area (Å²) in [6.45, 7) is 4.24. The largest absolute Gasteiger partial charge is 0.268 e. The smallest absolute Gasteiger partial charge is 0.266 e. The lowest BCUT2D eigenvalue weighted by molar-refractivity contribution is 0.780. The molecule has 3 nitrogen and oxygen atoms in total. The fourth-order valence-electron chi connectivity index (χ4n) is 3.41. The van der Waals surface area contributed by atoms with Crippen LogP contribution in [0.5, 0.6) is 0 Å². The lowest BCUT2D eigenvalue weighted by atomic mass is 10.0. The number of rotatable bonds is 5. The number of fused-ring (bicyclic) bond motifs is 1. The predicted octanol–water partition coefficient (Wildman–Crippen LogP) is 7.11. The van der Waals surface area contributed by atoms with Crippen molar-refractivity contribution in [3.63, 3.8) is 0 Å². The predicted molar refractivity (Wildman–Crippen MR) is 127 cm³/mol. The number of halogens is 2. The Morgan fingerprint density at radius 3 is 2.33 bits per heavy atom. The molecule has 1 aromatic heterocycles. The van der Waals surface area contributed by atoms with E-state index in [0.717, 1.165) is 16.8 Å². The molecule has 0 aliphatic heterocycles. The molecule has 0 unspecified atom stereocenters. The second kappa shape index (κ2) is 8.84. The molecule has 0 saturated heterocycles. The fourth-order valence-corrected chi connectivity index (χ4v) is 5.16.